The van der Waals surface area contributed by atoms with Gasteiger partial charge in [-0.15, -0.1) is 0 Å². The molecule has 3 aromatic rings. The second-order valence-corrected chi connectivity index (χ2v) is 8.42. The summed E-state index contributed by atoms with van der Waals surface area (Å²) < 4.78 is 11.4. The number of nitrogens with zero attached hydrogens (tertiary/aromatic N) is 3. The molecule has 7 heteroatoms. The summed E-state index contributed by atoms with van der Waals surface area (Å²) in [7, 11) is 0. The SMILES string of the molecule is CCCCCN1C(=S)NC(c2ccc(OCC)cc2)C(c2nc(-c3ccccc3)no2)=C1C. The maximum absolute atomic E-state index is 5.80. The minimum atomic E-state index is -0.195. The first-order valence-electron chi connectivity index (χ1n) is 11.5. The van der Waals surface area contributed by atoms with Crippen molar-refractivity contribution in [1.29, 1.82) is 0 Å². The summed E-state index contributed by atoms with van der Waals surface area (Å²) in [5, 5.41) is 8.50. The highest BCUT2D eigenvalue weighted by Crippen LogP contribution is 2.38. The van der Waals surface area contributed by atoms with Crippen molar-refractivity contribution in [2.45, 2.75) is 46.1 Å². The summed E-state index contributed by atoms with van der Waals surface area (Å²) in [6, 6.07) is 17.7. The Bertz CT molecular complexity index is 1110. The zero-order valence-electron chi connectivity index (χ0n) is 19.4. The Morgan fingerprint density at radius 2 is 1.82 bits per heavy atom. The molecule has 172 valence electrons. The fourth-order valence-corrected chi connectivity index (χ4v) is 4.40. The Labute approximate surface area is 200 Å². The van der Waals surface area contributed by atoms with Crippen LogP contribution in [-0.2, 0) is 0 Å². The number of nitrogens with one attached hydrogen (secondary N) is 1. The molecule has 0 radical (unpaired) electrons. The lowest BCUT2D eigenvalue weighted by Gasteiger charge is -2.37. The van der Waals surface area contributed by atoms with Gasteiger partial charge in [-0.3, -0.25) is 0 Å². The highest BCUT2D eigenvalue weighted by Gasteiger charge is 2.33. The topological polar surface area (TPSA) is 63.4 Å². The first-order valence-corrected chi connectivity index (χ1v) is 11.9. The van der Waals surface area contributed by atoms with Crippen LogP contribution in [0.3, 0.4) is 0 Å². The van der Waals surface area contributed by atoms with E-state index >= 15 is 0 Å². The van der Waals surface area contributed by atoms with Gasteiger partial charge in [0.2, 0.25) is 5.82 Å². The lowest BCUT2D eigenvalue weighted by atomic mass is 9.94. The second kappa shape index (κ2) is 10.6. The van der Waals surface area contributed by atoms with Crippen molar-refractivity contribution < 1.29 is 9.26 Å². The molecule has 0 amide bonds. The first kappa shape index (κ1) is 23.0. The van der Waals surface area contributed by atoms with Gasteiger partial charge in [0.15, 0.2) is 5.11 Å². The van der Waals surface area contributed by atoms with Crippen molar-refractivity contribution in [3.63, 3.8) is 0 Å². The van der Waals surface area contributed by atoms with E-state index in [9.17, 15) is 0 Å². The smallest absolute Gasteiger partial charge is 0.258 e. The lowest BCUT2D eigenvalue weighted by molar-refractivity contribution is 0.340. The summed E-state index contributed by atoms with van der Waals surface area (Å²) in [5.74, 6) is 1.91. The summed E-state index contributed by atoms with van der Waals surface area (Å²) in [6.07, 6.45) is 3.38. The van der Waals surface area contributed by atoms with Crippen molar-refractivity contribution in [2.75, 3.05) is 13.2 Å². The fraction of sp³-hybridized carbons (Fsp3) is 0.346. The van der Waals surface area contributed by atoms with Gasteiger partial charge in [-0.1, -0.05) is 67.4 Å². The van der Waals surface area contributed by atoms with Gasteiger partial charge < -0.3 is 19.5 Å². The quantitative estimate of drug-likeness (QED) is 0.310. The van der Waals surface area contributed by atoms with Crippen molar-refractivity contribution in [2.24, 2.45) is 0 Å². The van der Waals surface area contributed by atoms with Crippen LogP contribution < -0.4 is 10.1 Å². The van der Waals surface area contributed by atoms with Crippen LogP contribution in [0.25, 0.3) is 17.0 Å². The molecule has 1 aliphatic heterocycles. The summed E-state index contributed by atoms with van der Waals surface area (Å²) in [6.45, 7) is 7.75. The van der Waals surface area contributed by atoms with Gasteiger partial charge in [-0.2, -0.15) is 4.98 Å². The second-order valence-electron chi connectivity index (χ2n) is 8.03. The minimum Gasteiger partial charge on any atom is -0.494 e. The molecular weight excluding hydrogens is 432 g/mol. The largest absolute Gasteiger partial charge is 0.494 e. The molecule has 2 heterocycles. The number of ether oxygens (including phenoxy) is 1. The van der Waals surface area contributed by atoms with E-state index in [1.165, 1.54) is 0 Å². The third-order valence-electron chi connectivity index (χ3n) is 5.79. The third-order valence-corrected chi connectivity index (χ3v) is 6.13. The highest BCUT2D eigenvalue weighted by atomic mass is 32.1. The van der Waals surface area contributed by atoms with E-state index in [4.69, 9.17) is 26.5 Å². The lowest BCUT2D eigenvalue weighted by Crippen LogP contribution is -2.46. The molecule has 6 nitrogen and oxygen atoms in total. The molecule has 2 aromatic carbocycles. The molecule has 33 heavy (non-hydrogen) atoms. The van der Waals surface area contributed by atoms with Gasteiger partial charge in [0.25, 0.3) is 5.89 Å². The van der Waals surface area contributed by atoms with Gasteiger partial charge in [0.05, 0.1) is 18.2 Å². The molecule has 0 aliphatic carbocycles. The highest BCUT2D eigenvalue weighted by molar-refractivity contribution is 7.80. The number of thiocarbonyl (C=S) groups is 1. The maximum Gasteiger partial charge on any atom is 0.258 e. The van der Waals surface area contributed by atoms with Crippen LogP contribution in [0.5, 0.6) is 5.75 Å². The molecular formula is C26H30N4O2S. The number of benzene rings is 2. The van der Waals surface area contributed by atoms with Crippen molar-refractivity contribution in [1.82, 2.24) is 20.4 Å². The monoisotopic (exact) mass is 462 g/mol. The normalized spacial score (nSPS) is 16.2. The van der Waals surface area contributed by atoms with Crippen LogP contribution in [0.15, 0.2) is 64.8 Å². The Hall–Kier alpha value is -3.19. The molecule has 1 N–H and O–H groups in total. The van der Waals surface area contributed by atoms with Crippen molar-refractivity contribution >= 4 is 22.9 Å². The van der Waals surface area contributed by atoms with Crippen molar-refractivity contribution in [3.05, 3.63) is 71.7 Å². The number of aromatic nitrogens is 2. The Balaban J connectivity index is 1.74. The van der Waals surface area contributed by atoms with E-state index in [1.54, 1.807) is 0 Å². The molecule has 0 saturated heterocycles. The third kappa shape index (κ3) is 5.09. The van der Waals surface area contributed by atoms with Gasteiger partial charge in [0, 0.05) is 17.8 Å². The van der Waals surface area contributed by atoms with E-state index in [0.717, 1.165) is 54.0 Å². The van der Waals surface area contributed by atoms with Crippen LogP contribution in [-0.4, -0.2) is 33.3 Å². The molecule has 0 spiro atoms. The summed E-state index contributed by atoms with van der Waals surface area (Å²) in [5.41, 5.74) is 3.96. The van der Waals surface area contributed by atoms with E-state index < -0.39 is 0 Å². The molecule has 0 bridgehead atoms. The van der Waals surface area contributed by atoms with Crippen LogP contribution in [0.1, 0.15) is 57.5 Å². The summed E-state index contributed by atoms with van der Waals surface area (Å²) in [4.78, 5) is 6.91. The Morgan fingerprint density at radius 1 is 1.06 bits per heavy atom. The Kier molecular flexibility index (Phi) is 7.40. The molecule has 1 atom stereocenters. The van der Waals surface area contributed by atoms with Crippen LogP contribution in [0, 0.1) is 0 Å². The molecule has 1 unspecified atom stereocenters. The minimum absolute atomic E-state index is 0.195. The number of unbranched alkanes of at least 4 members (excludes halogenated alkanes) is 2. The Morgan fingerprint density at radius 3 is 2.52 bits per heavy atom. The standard InChI is InChI=1S/C26H30N4O2S/c1-4-6-10-17-30-18(3)22(25-28-24(29-32-25)20-11-8-7-9-12-20)23(27-26(30)33)19-13-15-21(16-14-19)31-5-2/h7-9,11-16,23H,4-6,10,17H2,1-3H3,(H,27,33). The van der Waals surface area contributed by atoms with Gasteiger partial charge in [0.1, 0.15) is 5.75 Å². The average Bonchev–Trinajstić information content (AvgIpc) is 3.32. The molecule has 0 saturated carbocycles. The number of hydrogen-bond acceptors (Lipinski definition) is 5. The predicted molar refractivity (Wildman–Crippen MR) is 135 cm³/mol. The zero-order chi connectivity index (χ0) is 23.2. The van der Waals surface area contributed by atoms with E-state index in [0.29, 0.717) is 23.4 Å². The van der Waals surface area contributed by atoms with E-state index in [2.05, 4.69) is 41.4 Å². The number of rotatable bonds is 9. The van der Waals surface area contributed by atoms with Gasteiger partial charge in [-0.05, 0) is 50.2 Å². The van der Waals surface area contributed by atoms with Crippen LogP contribution in [0.2, 0.25) is 0 Å². The predicted octanol–water partition coefficient (Wildman–Crippen LogP) is 5.99. The molecule has 0 fully saturated rings. The fourth-order valence-electron chi connectivity index (χ4n) is 4.06. The molecule has 1 aliphatic rings. The zero-order valence-corrected chi connectivity index (χ0v) is 20.2. The van der Waals surface area contributed by atoms with Crippen LogP contribution in [0.4, 0.5) is 0 Å². The van der Waals surface area contributed by atoms with Gasteiger partial charge in [-0.25, -0.2) is 0 Å². The number of hydrogen-bond donors (Lipinski definition) is 1. The van der Waals surface area contributed by atoms with E-state index in [-0.39, 0.29) is 6.04 Å². The first-order chi connectivity index (χ1) is 16.1. The average molecular weight is 463 g/mol. The van der Waals surface area contributed by atoms with Gasteiger partial charge >= 0.3 is 0 Å². The number of allylic oxidation sites excluding steroid dienone is 1. The maximum atomic E-state index is 5.80. The molecule has 1 aromatic heterocycles. The van der Waals surface area contributed by atoms with Crippen molar-refractivity contribution in [3.8, 4) is 17.1 Å². The molecule has 4 rings (SSSR count). The summed E-state index contributed by atoms with van der Waals surface area (Å²) >= 11 is 5.77. The van der Waals surface area contributed by atoms with Crippen LogP contribution >= 0.6 is 12.2 Å². The van der Waals surface area contributed by atoms with E-state index in [1.807, 2.05) is 49.4 Å².